The van der Waals surface area contributed by atoms with E-state index in [1.165, 1.54) is 36.5 Å². The highest BCUT2D eigenvalue weighted by Gasteiger charge is 2.28. The van der Waals surface area contributed by atoms with Gasteiger partial charge in [0, 0.05) is 22.0 Å². The molecule has 0 radical (unpaired) electrons. The number of benzene rings is 3. The number of anilines is 1. The third-order valence-electron chi connectivity index (χ3n) is 5.75. The minimum absolute atomic E-state index is 0.00864. The Morgan fingerprint density at radius 2 is 1.63 bits per heavy atom. The normalized spacial score (nSPS) is 11.6. The second-order valence-corrected chi connectivity index (χ2v) is 11.4. The van der Waals surface area contributed by atoms with Gasteiger partial charge in [0.2, 0.25) is 0 Å². The van der Waals surface area contributed by atoms with E-state index < -0.39 is 22.5 Å². The molecular formula is C27H23Cl3N4O3S. The van der Waals surface area contributed by atoms with Crippen molar-refractivity contribution in [2.45, 2.75) is 18.7 Å². The number of sulfonamides is 1. The van der Waals surface area contributed by atoms with E-state index in [1.807, 2.05) is 48.7 Å². The SMILES string of the molecule is Cc1cc(/C=N/NC(=O)CN(c2ccc(Cl)cc2Cl)S(=O)(=O)c2ccccc2)c(C)n1-c1ccccc1Cl. The summed E-state index contributed by atoms with van der Waals surface area (Å²) in [5.41, 5.74) is 5.92. The van der Waals surface area contributed by atoms with Crippen molar-refractivity contribution in [2.24, 2.45) is 5.10 Å². The summed E-state index contributed by atoms with van der Waals surface area (Å²) in [6, 6.07) is 21.5. The van der Waals surface area contributed by atoms with Crippen LogP contribution in [0, 0.1) is 13.8 Å². The number of carbonyl (C=O) groups is 1. The topological polar surface area (TPSA) is 83.8 Å². The van der Waals surface area contributed by atoms with Crippen LogP contribution < -0.4 is 9.73 Å². The number of nitrogens with one attached hydrogen (secondary N) is 1. The Bertz CT molecular complexity index is 1620. The van der Waals surface area contributed by atoms with E-state index in [2.05, 4.69) is 10.5 Å². The summed E-state index contributed by atoms with van der Waals surface area (Å²) < 4.78 is 29.8. The largest absolute Gasteiger partial charge is 0.316 e. The van der Waals surface area contributed by atoms with Gasteiger partial charge in [0.25, 0.3) is 15.9 Å². The van der Waals surface area contributed by atoms with Gasteiger partial charge in [-0.2, -0.15) is 5.10 Å². The van der Waals surface area contributed by atoms with E-state index in [4.69, 9.17) is 34.8 Å². The van der Waals surface area contributed by atoms with Gasteiger partial charge in [0.15, 0.2) is 0 Å². The highest BCUT2D eigenvalue weighted by Crippen LogP contribution is 2.32. The molecule has 4 aromatic rings. The second kappa shape index (κ2) is 11.6. The first-order valence-electron chi connectivity index (χ1n) is 11.4. The van der Waals surface area contributed by atoms with Gasteiger partial charge in [-0.3, -0.25) is 9.10 Å². The molecule has 0 aliphatic carbocycles. The van der Waals surface area contributed by atoms with E-state index in [0.29, 0.717) is 10.0 Å². The standard InChI is InChI=1S/C27H23Cl3N4O3S/c1-18-14-20(19(2)34(18)26-11-7-6-10-23(26)29)16-31-32-27(35)17-33(25-13-12-21(28)15-24(25)30)38(36,37)22-8-4-3-5-9-22/h3-16H,17H2,1-2H3,(H,32,35)/b31-16+. The Morgan fingerprint density at radius 3 is 2.32 bits per heavy atom. The maximum absolute atomic E-state index is 13.5. The molecular weight excluding hydrogens is 567 g/mol. The molecule has 11 heteroatoms. The number of hydrogen-bond donors (Lipinski definition) is 1. The van der Waals surface area contributed by atoms with Gasteiger partial charge in [-0.05, 0) is 62.4 Å². The molecule has 0 saturated heterocycles. The summed E-state index contributed by atoms with van der Waals surface area (Å²) in [6.45, 7) is 3.29. The van der Waals surface area contributed by atoms with E-state index in [9.17, 15) is 13.2 Å². The van der Waals surface area contributed by atoms with Crippen molar-refractivity contribution < 1.29 is 13.2 Å². The highest BCUT2D eigenvalue weighted by atomic mass is 35.5. The van der Waals surface area contributed by atoms with Crippen LogP contribution in [-0.4, -0.2) is 31.7 Å². The number of amides is 1. The van der Waals surface area contributed by atoms with Gasteiger partial charge in [-0.1, -0.05) is 65.1 Å². The fraction of sp³-hybridized carbons (Fsp3) is 0.111. The zero-order valence-corrected chi connectivity index (χ0v) is 23.5. The summed E-state index contributed by atoms with van der Waals surface area (Å²) in [7, 11) is -4.13. The van der Waals surface area contributed by atoms with Crippen LogP contribution in [0.1, 0.15) is 17.0 Å². The number of carbonyl (C=O) groups excluding carboxylic acids is 1. The lowest BCUT2D eigenvalue weighted by Crippen LogP contribution is -2.39. The Kier molecular flexibility index (Phi) is 8.47. The van der Waals surface area contributed by atoms with Crippen molar-refractivity contribution in [1.29, 1.82) is 0 Å². The number of halogens is 3. The lowest BCUT2D eigenvalue weighted by Gasteiger charge is -2.24. The zero-order valence-electron chi connectivity index (χ0n) is 20.4. The van der Waals surface area contributed by atoms with Gasteiger partial charge >= 0.3 is 0 Å². The minimum Gasteiger partial charge on any atom is -0.316 e. The first kappa shape index (κ1) is 27.7. The van der Waals surface area contributed by atoms with Crippen LogP contribution in [0.15, 0.2) is 88.9 Å². The predicted octanol–water partition coefficient (Wildman–Crippen LogP) is 6.40. The summed E-state index contributed by atoms with van der Waals surface area (Å²) in [4.78, 5) is 12.9. The minimum atomic E-state index is -4.13. The molecule has 196 valence electrons. The van der Waals surface area contributed by atoms with E-state index in [1.54, 1.807) is 18.2 Å². The average Bonchev–Trinajstić information content (AvgIpc) is 3.16. The van der Waals surface area contributed by atoms with Crippen molar-refractivity contribution in [1.82, 2.24) is 9.99 Å². The van der Waals surface area contributed by atoms with Crippen LogP contribution >= 0.6 is 34.8 Å². The molecule has 0 saturated carbocycles. The number of rotatable bonds is 8. The number of aryl methyl sites for hydroxylation is 1. The quantitative estimate of drug-likeness (QED) is 0.191. The molecule has 0 spiro atoms. The average molecular weight is 590 g/mol. The lowest BCUT2D eigenvalue weighted by atomic mass is 10.2. The Balaban J connectivity index is 1.58. The summed E-state index contributed by atoms with van der Waals surface area (Å²) in [5.74, 6) is -0.660. The third-order valence-corrected chi connectivity index (χ3v) is 8.38. The van der Waals surface area contributed by atoms with Gasteiger partial charge < -0.3 is 4.57 Å². The molecule has 0 unspecified atom stereocenters. The molecule has 0 atom stereocenters. The molecule has 0 bridgehead atoms. The van der Waals surface area contributed by atoms with Gasteiger partial charge in [-0.15, -0.1) is 0 Å². The fourth-order valence-corrected chi connectivity index (χ4v) is 6.21. The molecule has 7 nitrogen and oxygen atoms in total. The molecule has 1 amide bonds. The van der Waals surface area contributed by atoms with Crippen molar-refractivity contribution in [2.75, 3.05) is 10.8 Å². The van der Waals surface area contributed by atoms with Gasteiger partial charge in [0.05, 0.1) is 32.5 Å². The molecule has 1 N–H and O–H groups in total. The van der Waals surface area contributed by atoms with E-state index in [-0.39, 0.29) is 15.6 Å². The van der Waals surface area contributed by atoms with Crippen molar-refractivity contribution in [3.05, 3.63) is 111 Å². The molecule has 4 rings (SSSR count). The fourth-order valence-electron chi connectivity index (χ4n) is 3.96. The smallest absolute Gasteiger partial charge is 0.264 e. The predicted molar refractivity (Wildman–Crippen MR) is 153 cm³/mol. The lowest BCUT2D eigenvalue weighted by molar-refractivity contribution is -0.119. The van der Waals surface area contributed by atoms with Gasteiger partial charge in [-0.25, -0.2) is 13.8 Å². The molecule has 3 aromatic carbocycles. The van der Waals surface area contributed by atoms with Crippen LogP contribution in [0.2, 0.25) is 15.1 Å². The van der Waals surface area contributed by atoms with Crippen LogP contribution in [-0.2, 0) is 14.8 Å². The number of hydrazone groups is 1. The monoisotopic (exact) mass is 588 g/mol. The third kappa shape index (κ3) is 5.89. The number of hydrogen-bond acceptors (Lipinski definition) is 4. The second-order valence-electron chi connectivity index (χ2n) is 8.33. The number of aromatic nitrogens is 1. The molecule has 0 aliphatic heterocycles. The summed E-state index contributed by atoms with van der Waals surface area (Å²) in [6.07, 6.45) is 1.50. The van der Waals surface area contributed by atoms with E-state index in [0.717, 1.165) is 26.9 Å². The maximum Gasteiger partial charge on any atom is 0.264 e. The molecule has 1 aromatic heterocycles. The molecule has 1 heterocycles. The van der Waals surface area contributed by atoms with Crippen molar-refractivity contribution >= 4 is 62.6 Å². The highest BCUT2D eigenvalue weighted by molar-refractivity contribution is 7.92. The maximum atomic E-state index is 13.5. The van der Waals surface area contributed by atoms with Crippen LogP contribution in [0.25, 0.3) is 5.69 Å². The van der Waals surface area contributed by atoms with Gasteiger partial charge in [0.1, 0.15) is 6.54 Å². The van der Waals surface area contributed by atoms with E-state index >= 15 is 0 Å². The summed E-state index contributed by atoms with van der Waals surface area (Å²) >= 11 is 18.7. The van der Waals surface area contributed by atoms with Crippen molar-refractivity contribution in [3.8, 4) is 5.69 Å². The van der Waals surface area contributed by atoms with Crippen molar-refractivity contribution in [3.63, 3.8) is 0 Å². The zero-order chi connectivity index (χ0) is 27.4. The molecule has 0 aliphatic rings. The molecule has 0 fully saturated rings. The Morgan fingerprint density at radius 1 is 0.947 bits per heavy atom. The van der Waals surface area contributed by atoms with Crippen LogP contribution in [0.4, 0.5) is 5.69 Å². The number of para-hydroxylation sites is 1. The Labute approximate surface area is 236 Å². The first-order valence-corrected chi connectivity index (χ1v) is 14.0. The first-order chi connectivity index (χ1) is 18.1. The van der Waals surface area contributed by atoms with Crippen LogP contribution in [0.3, 0.4) is 0 Å². The summed E-state index contributed by atoms with van der Waals surface area (Å²) in [5, 5.41) is 5.08. The van der Waals surface area contributed by atoms with Crippen LogP contribution in [0.5, 0.6) is 0 Å². The number of nitrogens with zero attached hydrogens (tertiary/aromatic N) is 3. The Hall–Kier alpha value is -3.30. The molecule has 38 heavy (non-hydrogen) atoms.